The molecule has 28 heavy (non-hydrogen) atoms. The number of para-hydroxylation sites is 1. The number of nitrogens with zero attached hydrogens (tertiary/aromatic N) is 3. The third-order valence-corrected chi connectivity index (χ3v) is 4.57. The van der Waals surface area contributed by atoms with Crippen molar-refractivity contribution in [3.63, 3.8) is 0 Å². The SMILES string of the molecule is CCN(CC)CCCNc1cc(-c2nc3c(OC(N)=O)cccc3[nH]2)ccn1. The number of benzene rings is 1. The first-order valence-electron chi connectivity index (χ1n) is 9.49. The zero-order chi connectivity index (χ0) is 19.9. The maximum Gasteiger partial charge on any atom is 0.410 e. The molecule has 0 saturated heterocycles. The second-order valence-corrected chi connectivity index (χ2v) is 6.40. The molecule has 0 aliphatic rings. The van der Waals surface area contributed by atoms with Gasteiger partial charge in [0.05, 0.1) is 5.52 Å². The number of carbonyl (C=O) groups excluding carboxylic acids is 1. The number of H-pyrrole nitrogens is 1. The van der Waals surface area contributed by atoms with Crippen molar-refractivity contribution in [3.05, 3.63) is 36.5 Å². The molecular weight excluding hydrogens is 356 g/mol. The third kappa shape index (κ3) is 4.77. The zero-order valence-electron chi connectivity index (χ0n) is 16.2. The number of fused-ring (bicyclic) bond motifs is 1. The number of pyridine rings is 1. The first kappa shape index (κ1) is 19.6. The van der Waals surface area contributed by atoms with Crippen LogP contribution in [0.3, 0.4) is 0 Å². The Morgan fingerprint density at radius 2 is 2.11 bits per heavy atom. The number of aromatic nitrogens is 3. The first-order valence-corrected chi connectivity index (χ1v) is 9.49. The van der Waals surface area contributed by atoms with E-state index in [0.29, 0.717) is 17.1 Å². The van der Waals surface area contributed by atoms with E-state index in [1.807, 2.05) is 18.2 Å². The molecule has 0 fully saturated rings. The summed E-state index contributed by atoms with van der Waals surface area (Å²) < 4.78 is 5.03. The number of hydrogen-bond acceptors (Lipinski definition) is 6. The molecule has 8 nitrogen and oxygen atoms in total. The first-order chi connectivity index (χ1) is 13.6. The summed E-state index contributed by atoms with van der Waals surface area (Å²) >= 11 is 0. The van der Waals surface area contributed by atoms with Gasteiger partial charge in [-0.05, 0) is 50.3 Å². The van der Waals surface area contributed by atoms with Gasteiger partial charge in [0.25, 0.3) is 0 Å². The molecule has 2 aromatic heterocycles. The number of nitrogens with one attached hydrogen (secondary N) is 2. The number of aromatic amines is 1. The lowest BCUT2D eigenvalue weighted by Gasteiger charge is -2.17. The van der Waals surface area contributed by atoms with Crippen molar-refractivity contribution in [1.82, 2.24) is 19.9 Å². The number of carbonyl (C=O) groups is 1. The molecule has 1 aromatic carbocycles. The molecule has 8 heteroatoms. The number of ether oxygens (including phenoxy) is 1. The van der Waals surface area contributed by atoms with Crippen molar-refractivity contribution < 1.29 is 9.53 Å². The molecule has 0 aliphatic heterocycles. The van der Waals surface area contributed by atoms with Gasteiger partial charge in [0.15, 0.2) is 5.75 Å². The van der Waals surface area contributed by atoms with Crippen molar-refractivity contribution in [1.29, 1.82) is 0 Å². The molecule has 0 unspecified atom stereocenters. The number of hydrogen-bond donors (Lipinski definition) is 3. The van der Waals surface area contributed by atoms with Crippen LogP contribution in [0, 0.1) is 0 Å². The van der Waals surface area contributed by atoms with Crippen LogP contribution < -0.4 is 15.8 Å². The van der Waals surface area contributed by atoms with Crippen LogP contribution in [-0.2, 0) is 0 Å². The topological polar surface area (TPSA) is 109 Å². The van der Waals surface area contributed by atoms with E-state index in [2.05, 4.69) is 39.0 Å². The number of nitrogens with two attached hydrogens (primary N) is 1. The number of amides is 1. The van der Waals surface area contributed by atoms with Crippen LogP contribution in [0.5, 0.6) is 5.75 Å². The second-order valence-electron chi connectivity index (χ2n) is 6.40. The Hall–Kier alpha value is -3.13. The van der Waals surface area contributed by atoms with E-state index in [9.17, 15) is 4.79 Å². The molecule has 4 N–H and O–H groups in total. The van der Waals surface area contributed by atoms with E-state index in [1.165, 1.54) is 0 Å². The van der Waals surface area contributed by atoms with Gasteiger partial charge in [-0.3, -0.25) is 0 Å². The highest BCUT2D eigenvalue weighted by Crippen LogP contribution is 2.27. The van der Waals surface area contributed by atoms with Gasteiger partial charge in [0, 0.05) is 18.3 Å². The predicted molar refractivity (Wildman–Crippen MR) is 110 cm³/mol. The highest BCUT2D eigenvalue weighted by atomic mass is 16.5. The summed E-state index contributed by atoms with van der Waals surface area (Å²) in [5.41, 5.74) is 7.34. The molecule has 0 spiro atoms. The van der Waals surface area contributed by atoms with Gasteiger partial charge in [-0.1, -0.05) is 19.9 Å². The molecule has 0 aliphatic carbocycles. The Balaban J connectivity index is 1.72. The van der Waals surface area contributed by atoms with Gasteiger partial charge in [0.2, 0.25) is 0 Å². The predicted octanol–water partition coefficient (Wildman–Crippen LogP) is 3.23. The van der Waals surface area contributed by atoms with E-state index in [0.717, 1.165) is 49.5 Å². The monoisotopic (exact) mass is 382 g/mol. The highest BCUT2D eigenvalue weighted by Gasteiger charge is 2.12. The summed E-state index contributed by atoms with van der Waals surface area (Å²) in [6, 6.07) is 9.13. The normalized spacial score (nSPS) is 11.1. The number of primary amides is 1. The van der Waals surface area contributed by atoms with Gasteiger partial charge in [0.1, 0.15) is 17.2 Å². The number of imidazole rings is 1. The zero-order valence-corrected chi connectivity index (χ0v) is 16.2. The molecule has 1 amide bonds. The van der Waals surface area contributed by atoms with Crippen molar-refractivity contribution in [2.24, 2.45) is 5.73 Å². The summed E-state index contributed by atoms with van der Waals surface area (Å²) in [5, 5.41) is 3.36. The minimum absolute atomic E-state index is 0.330. The van der Waals surface area contributed by atoms with E-state index < -0.39 is 6.09 Å². The van der Waals surface area contributed by atoms with E-state index in [4.69, 9.17) is 10.5 Å². The van der Waals surface area contributed by atoms with Crippen molar-refractivity contribution in [2.45, 2.75) is 20.3 Å². The Morgan fingerprint density at radius 3 is 2.86 bits per heavy atom. The molecule has 2 heterocycles. The van der Waals surface area contributed by atoms with Gasteiger partial charge >= 0.3 is 6.09 Å². The third-order valence-electron chi connectivity index (χ3n) is 4.57. The largest absolute Gasteiger partial charge is 0.410 e. The van der Waals surface area contributed by atoms with Crippen LogP contribution in [0.2, 0.25) is 0 Å². The average molecular weight is 382 g/mol. The molecule has 0 saturated carbocycles. The fourth-order valence-corrected chi connectivity index (χ4v) is 3.07. The summed E-state index contributed by atoms with van der Waals surface area (Å²) in [4.78, 5) is 25.7. The fraction of sp³-hybridized carbons (Fsp3) is 0.350. The Labute approximate surface area is 164 Å². The van der Waals surface area contributed by atoms with Crippen molar-refractivity contribution >= 4 is 22.9 Å². The quantitative estimate of drug-likeness (QED) is 0.490. The Kier molecular flexibility index (Phi) is 6.44. The van der Waals surface area contributed by atoms with Gasteiger partial charge in [-0.2, -0.15) is 0 Å². The second kappa shape index (κ2) is 9.18. The van der Waals surface area contributed by atoms with Gasteiger partial charge in [-0.25, -0.2) is 14.8 Å². The van der Waals surface area contributed by atoms with Crippen LogP contribution in [0.15, 0.2) is 36.5 Å². The summed E-state index contributed by atoms with van der Waals surface area (Å²) in [6.07, 6.45) is 1.93. The lowest BCUT2D eigenvalue weighted by atomic mass is 10.2. The standard InChI is InChI=1S/C20H26N6O2/c1-3-26(4-2)12-6-10-22-17-13-14(9-11-23-17)19-24-15-7-5-8-16(18(15)25-19)28-20(21)27/h5,7-9,11,13H,3-4,6,10,12H2,1-2H3,(H2,21,27)(H,22,23)(H,24,25). The summed E-state index contributed by atoms with van der Waals surface area (Å²) in [5.74, 6) is 1.80. The van der Waals surface area contributed by atoms with Crippen LogP contribution in [0.1, 0.15) is 20.3 Å². The lowest BCUT2D eigenvalue weighted by Crippen LogP contribution is -2.25. The van der Waals surface area contributed by atoms with E-state index in [1.54, 1.807) is 18.3 Å². The van der Waals surface area contributed by atoms with E-state index in [-0.39, 0.29) is 0 Å². The van der Waals surface area contributed by atoms with Gasteiger partial charge in [-0.15, -0.1) is 0 Å². The molecular formula is C20H26N6O2. The smallest absolute Gasteiger partial charge is 0.408 e. The van der Waals surface area contributed by atoms with Gasteiger partial charge < -0.3 is 25.7 Å². The van der Waals surface area contributed by atoms with Crippen LogP contribution in [0.4, 0.5) is 10.6 Å². The summed E-state index contributed by atoms with van der Waals surface area (Å²) in [7, 11) is 0. The summed E-state index contributed by atoms with van der Waals surface area (Å²) in [6.45, 7) is 8.40. The highest BCUT2D eigenvalue weighted by molar-refractivity contribution is 5.87. The average Bonchev–Trinajstić information content (AvgIpc) is 3.13. The molecule has 3 rings (SSSR count). The minimum Gasteiger partial charge on any atom is -0.408 e. The molecule has 0 atom stereocenters. The van der Waals surface area contributed by atoms with Crippen molar-refractivity contribution in [3.8, 4) is 17.1 Å². The van der Waals surface area contributed by atoms with Crippen LogP contribution in [-0.4, -0.2) is 52.1 Å². The number of anilines is 1. The minimum atomic E-state index is -0.864. The van der Waals surface area contributed by atoms with Crippen LogP contribution >= 0.6 is 0 Å². The van der Waals surface area contributed by atoms with Crippen LogP contribution in [0.25, 0.3) is 22.4 Å². The maximum absolute atomic E-state index is 11.1. The fourth-order valence-electron chi connectivity index (χ4n) is 3.07. The lowest BCUT2D eigenvalue weighted by molar-refractivity contribution is 0.211. The number of rotatable bonds is 9. The molecule has 0 bridgehead atoms. The molecule has 0 radical (unpaired) electrons. The maximum atomic E-state index is 11.1. The molecule has 148 valence electrons. The Morgan fingerprint density at radius 1 is 1.29 bits per heavy atom. The Bertz CT molecular complexity index is 935. The molecule has 3 aromatic rings. The van der Waals surface area contributed by atoms with E-state index >= 15 is 0 Å². The van der Waals surface area contributed by atoms with Crippen molar-refractivity contribution in [2.75, 3.05) is 31.5 Å².